The number of nitrogens with zero attached hydrogens (tertiary/aromatic N) is 2. The summed E-state index contributed by atoms with van der Waals surface area (Å²) in [6, 6.07) is 10.2. The average molecular weight is 288 g/mol. The standard InChI is InChI=1S/C13H8N2O6/c16-13(11-3-1-2-4-12(11)15(19)20)21-10-7-5-9(6-8-10)14(17)18/h1-8H. The molecule has 0 saturated heterocycles. The Morgan fingerprint density at radius 2 is 1.52 bits per heavy atom. The van der Waals surface area contributed by atoms with Crippen LogP contribution in [0.25, 0.3) is 0 Å². The minimum Gasteiger partial charge on any atom is -0.423 e. The molecule has 0 atom stereocenters. The number of rotatable bonds is 4. The zero-order valence-corrected chi connectivity index (χ0v) is 10.5. The van der Waals surface area contributed by atoms with Crippen LogP contribution in [0.4, 0.5) is 11.4 Å². The summed E-state index contributed by atoms with van der Waals surface area (Å²) in [6.07, 6.45) is 0. The fraction of sp³-hybridized carbons (Fsp3) is 0. The number of carbonyl (C=O) groups is 1. The van der Waals surface area contributed by atoms with Crippen LogP contribution in [-0.2, 0) is 0 Å². The smallest absolute Gasteiger partial charge is 0.350 e. The van der Waals surface area contributed by atoms with Gasteiger partial charge in [0.05, 0.1) is 9.85 Å². The van der Waals surface area contributed by atoms with Gasteiger partial charge in [0.1, 0.15) is 11.3 Å². The monoisotopic (exact) mass is 288 g/mol. The lowest BCUT2D eigenvalue weighted by Gasteiger charge is -2.04. The van der Waals surface area contributed by atoms with Crippen molar-refractivity contribution in [2.75, 3.05) is 0 Å². The lowest BCUT2D eigenvalue weighted by atomic mass is 10.2. The molecule has 0 aliphatic carbocycles. The van der Waals surface area contributed by atoms with Gasteiger partial charge in [-0.2, -0.15) is 0 Å². The van der Waals surface area contributed by atoms with E-state index in [-0.39, 0.29) is 22.7 Å². The molecule has 21 heavy (non-hydrogen) atoms. The van der Waals surface area contributed by atoms with Crippen molar-refractivity contribution in [3.05, 3.63) is 74.3 Å². The Labute approximate surface area is 117 Å². The van der Waals surface area contributed by atoms with E-state index in [1.54, 1.807) is 0 Å². The predicted octanol–water partition coefficient (Wildman–Crippen LogP) is 2.72. The molecule has 0 amide bonds. The van der Waals surface area contributed by atoms with Crippen LogP contribution >= 0.6 is 0 Å². The van der Waals surface area contributed by atoms with Gasteiger partial charge >= 0.3 is 5.97 Å². The molecule has 0 heterocycles. The maximum absolute atomic E-state index is 11.9. The Balaban J connectivity index is 2.22. The summed E-state index contributed by atoms with van der Waals surface area (Å²) < 4.78 is 4.96. The first-order valence-corrected chi connectivity index (χ1v) is 5.69. The van der Waals surface area contributed by atoms with Crippen LogP contribution in [0.3, 0.4) is 0 Å². The van der Waals surface area contributed by atoms with Crippen molar-refractivity contribution >= 4 is 17.3 Å². The first kappa shape index (κ1) is 14.1. The van der Waals surface area contributed by atoms with Crippen molar-refractivity contribution in [3.8, 4) is 5.75 Å². The number of esters is 1. The number of non-ortho nitro benzene ring substituents is 1. The maximum atomic E-state index is 11.9. The molecule has 2 rings (SSSR count). The van der Waals surface area contributed by atoms with E-state index in [1.807, 2.05) is 0 Å². The molecule has 8 heteroatoms. The Morgan fingerprint density at radius 1 is 0.905 bits per heavy atom. The van der Waals surface area contributed by atoms with E-state index < -0.39 is 15.8 Å². The van der Waals surface area contributed by atoms with Crippen LogP contribution in [0.5, 0.6) is 5.75 Å². The summed E-state index contributed by atoms with van der Waals surface area (Å²) in [5.41, 5.74) is -0.717. The number of nitro benzene ring substituents is 2. The minimum atomic E-state index is -0.906. The number of hydrogen-bond donors (Lipinski definition) is 0. The van der Waals surface area contributed by atoms with Gasteiger partial charge in [0.25, 0.3) is 11.4 Å². The van der Waals surface area contributed by atoms with Crippen molar-refractivity contribution < 1.29 is 19.4 Å². The Hall–Kier alpha value is -3.29. The van der Waals surface area contributed by atoms with E-state index in [0.717, 1.165) is 0 Å². The zero-order chi connectivity index (χ0) is 15.4. The molecule has 0 aliphatic rings. The summed E-state index contributed by atoms with van der Waals surface area (Å²) >= 11 is 0. The van der Waals surface area contributed by atoms with Crippen LogP contribution in [-0.4, -0.2) is 15.8 Å². The molecule has 0 bridgehead atoms. The molecule has 0 saturated carbocycles. The highest BCUT2D eigenvalue weighted by Gasteiger charge is 2.21. The van der Waals surface area contributed by atoms with Gasteiger partial charge in [-0.15, -0.1) is 0 Å². The predicted molar refractivity (Wildman–Crippen MR) is 71.2 cm³/mol. The number of para-hydroxylation sites is 1. The highest BCUT2D eigenvalue weighted by atomic mass is 16.6. The second kappa shape index (κ2) is 5.78. The molecule has 0 radical (unpaired) electrons. The summed E-state index contributed by atoms with van der Waals surface area (Å²) in [6.45, 7) is 0. The second-order valence-corrected chi connectivity index (χ2v) is 3.91. The minimum absolute atomic E-state index is 0.0590. The van der Waals surface area contributed by atoms with Crippen molar-refractivity contribution in [2.45, 2.75) is 0 Å². The van der Waals surface area contributed by atoms with Crippen molar-refractivity contribution in [1.29, 1.82) is 0 Å². The van der Waals surface area contributed by atoms with Gasteiger partial charge in [0, 0.05) is 18.2 Å². The van der Waals surface area contributed by atoms with E-state index in [2.05, 4.69) is 0 Å². The number of hydrogen-bond acceptors (Lipinski definition) is 6. The maximum Gasteiger partial charge on any atom is 0.350 e. The molecule has 2 aromatic rings. The summed E-state index contributed by atoms with van der Waals surface area (Å²) in [5, 5.41) is 21.3. The topological polar surface area (TPSA) is 113 Å². The third-order valence-electron chi connectivity index (χ3n) is 2.58. The van der Waals surface area contributed by atoms with Gasteiger partial charge in [0.15, 0.2) is 0 Å². The lowest BCUT2D eigenvalue weighted by molar-refractivity contribution is -0.385. The number of carbonyl (C=O) groups excluding carboxylic acids is 1. The van der Waals surface area contributed by atoms with Gasteiger partial charge in [0.2, 0.25) is 0 Å². The molecule has 0 aliphatic heterocycles. The van der Waals surface area contributed by atoms with Crippen LogP contribution in [0, 0.1) is 20.2 Å². The van der Waals surface area contributed by atoms with E-state index in [4.69, 9.17) is 4.74 Å². The van der Waals surface area contributed by atoms with E-state index in [1.165, 1.54) is 48.5 Å². The highest BCUT2D eigenvalue weighted by Crippen LogP contribution is 2.22. The first-order chi connectivity index (χ1) is 9.99. The second-order valence-electron chi connectivity index (χ2n) is 3.91. The van der Waals surface area contributed by atoms with Gasteiger partial charge in [-0.05, 0) is 18.2 Å². The van der Waals surface area contributed by atoms with Crippen molar-refractivity contribution in [3.63, 3.8) is 0 Å². The first-order valence-electron chi connectivity index (χ1n) is 5.69. The molecule has 0 fully saturated rings. The molecule has 0 unspecified atom stereocenters. The third-order valence-corrected chi connectivity index (χ3v) is 2.58. The van der Waals surface area contributed by atoms with Crippen molar-refractivity contribution in [1.82, 2.24) is 0 Å². The molecule has 106 valence electrons. The quantitative estimate of drug-likeness (QED) is 0.370. The van der Waals surface area contributed by atoms with Crippen molar-refractivity contribution in [2.24, 2.45) is 0 Å². The summed E-state index contributed by atoms with van der Waals surface area (Å²) in [7, 11) is 0. The number of nitro groups is 2. The number of ether oxygens (including phenoxy) is 1. The van der Waals surface area contributed by atoms with Gasteiger partial charge in [-0.3, -0.25) is 20.2 Å². The Morgan fingerprint density at radius 3 is 2.10 bits per heavy atom. The molecular formula is C13H8N2O6. The average Bonchev–Trinajstić information content (AvgIpc) is 2.47. The fourth-order valence-electron chi connectivity index (χ4n) is 1.60. The summed E-state index contributed by atoms with van der Waals surface area (Å²) in [5.74, 6) is -0.847. The van der Waals surface area contributed by atoms with Gasteiger partial charge < -0.3 is 4.74 Å². The lowest BCUT2D eigenvalue weighted by Crippen LogP contribution is -2.10. The number of benzene rings is 2. The highest BCUT2D eigenvalue weighted by molar-refractivity contribution is 5.95. The van der Waals surface area contributed by atoms with Crippen LogP contribution < -0.4 is 4.74 Å². The molecule has 0 N–H and O–H groups in total. The van der Waals surface area contributed by atoms with Gasteiger partial charge in [-0.25, -0.2) is 4.79 Å². The van der Waals surface area contributed by atoms with E-state index in [9.17, 15) is 25.0 Å². The molecule has 0 aromatic heterocycles. The van der Waals surface area contributed by atoms with Crippen LogP contribution in [0.15, 0.2) is 48.5 Å². The normalized spacial score (nSPS) is 9.90. The Bertz CT molecular complexity index is 711. The SMILES string of the molecule is O=C(Oc1ccc([N+](=O)[O-])cc1)c1ccccc1[N+](=O)[O-]. The van der Waals surface area contributed by atoms with E-state index >= 15 is 0 Å². The largest absolute Gasteiger partial charge is 0.423 e. The zero-order valence-electron chi connectivity index (χ0n) is 10.5. The molecule has 8 nitrogen and oxygen atoms in total. The molecular weight excluding hydrogens is 280 g/mol. The molecule has 2 aromatic carbocycles. The van der Waals surface area contributed by atoms with Crippen LogP contribution in [0.2, 0.25) is 0 Å². The third kappa shape index (κ3) is 3.18. The summed E-state index contributed by atoms with van der Waals surface area (Å²) in [4.78, 5) is 31.9. The van der Waals surface area contributed by atoms with Gasteiger partial charge in [-0.1, -0.05) is 12.1 Å². The van der Waals surface area contributed by atoms with Crippen LogP contribution in [0.1, 0.15) is 10.4 Å². The van der Waals surface area contributed by atoms with E-state index in [0.29, 0.717) is 0 Å². The fourth-order valence-corrected chi connectivity index (χ4v) is 1.60. The Kier molecular flexibility index (Phi) is 3.89. The molecule has 0 spiro atoms.